The minimum Gasteiger partial charge on any atom is -0.357 e. The SMILES string of the molecule is CCNC(=NCc1ccc(NC(=O)NC(C)C)cc1)NCCSc1ccccc1.I. The van der Waals surface area contributed by atoms with E-state index in [9.17, 15) is 4.79 Å². The molecule has 0 aliphatic rings. The monoisotopic (exact) mass is 541 g/mol. The number of hydrogen-bond acceptors (Lipinski definition) is 3. The van der Waals surface area contributed by atoms with Gasteiger partial charge in [0.05, 0.1) is 6.54 Å². The first-order chi connectivity index (χ1) is 14.1. The molecule has 2 aromatic carbocycles. The van der Waals surface area contributed by atoms with Gasteiger partial charge in [-0.05, 0) is 50.6 Å². The fourth-order valence-electron chi connectivity index (χ4n) is 2.49. The maximum absolute atomic E-state index is 11.7. The van der Waals surface area contributed by atoms with E-state index in [1.165, 1.54) is 4.90 Å². The number of benzene rings is 2. The Morgan fingerprint density at radius 1 is 1.03 bits per heavy atom. The van der Waals surface area contributed by atoms with Crippen molar-refractivity contribution in [1.82, 2.24) is 16.0 Å². The highest BCUT2D eigenvalue weighted by atomic mass is 127. The van der Waals surface area contributed by atoms with Crippen LogP contribution in [0.5, 0.6) is 0 Å². The molecule has 164 valence electrons. The van der Waals surface area contributed by atoms with Gasteiger partial charge in [0.2, 0.25) is 0 Å². The van der Waals surface area contributed by atoms with E-state index in [0.29, 0.717) is 6.54 Å². The molecule has 0 aromatic heterocycles. The third-order valence-corrected chi connectivity index (χ3v) is 4.82. The number of nitrogens with one attached hydrogen (secondary N) is 4. The third-order valence-electron chi connectivity index (χ3n) is 3.80. The quantitative estimate of drug-likeness (QED) is 0.122. The first-order valence-corrected chi connectivity index (χ1v) is 10.9. The van der Waals surface area contributed by atoms with Gasteiger partial charge >= 0.3 is 6.03 Å². The summed E-state index contributed by atoms with van der Waals surface area (Å²) in [5.74, 6) is 1.77. The van der Waals surface area contributed by atoms with Crippen LogP contribution in [0.15, 0.2) is 64.5 Å². The van der Waals surface area contributed by atoms with Gasteiger partial charge in [-0.2, -0.15) is 0 Å². The first-order valence-electron chi connectivity index (χ1n) is 9.93. The summed E-state index contributed by atoms with van der Waals surface area (Å²) in [6.07, 6.45) is 0. The van der Waals surface area contributed by atoms with Crippen molar-refractivity contribution in [2.45, 2.75) is 38.3 Å². The zero-order valence-corrected chi connectivity index (χ0v) is 20.9. The van der Waals surface area contributed by atoms with Gasteiger partial charge < -0.3 is 21.3 Å². The predicted octanol–water partition coefficient (Wildman–Crippen LogP) is 4.68. The Balaban J connectivity index is 0.00000450. The van der Waals surface area contributed by atoms with Gasteiger partial charge in [0.1, 0.15) is 0 Å². The molecule has 2 rings (SSSR count). The van der Waals surface area contributed by atoms with E-state index >= 15 is 0 Å². The summed E-state index contributed by atoms with van der Waals surface area (Å²) in [6, 6.07) is 18.0. The number of carbonyl (C=O) groups excluding carboxylic acids is 1. The number of hydrogen-bond donors (Lipinski definition) is 4. The second-order valence-corrected chi connectivity index (χ2v) is 7.90. The molecule has 0 aliphatic heterocycles. The molecule has 0 heterocycles. The van der Waals surface area contributed by atoms with E-state index in [4.69, 9.17) is 0 Å². The highest BCUT2D eigenvalue weighted by Crippen LogP contribution is 2.15. The summed E-state index contributed by atoms with van der Waals surface area (Å²) in [6.45, 7) is 8.12. The number of halogens is 1. The van der Waals surface area contributed by atoms with Crippen molar-refractivity contribution in [3.8, 4) is 0 Å². The number of amides is 2. The molecule has 0 unspecified atom stereocenters. The lowest BCUT2D eigenvalue weighted by Crippen LogP contribution is -2.38. The summed E-state index contributed by atoms with van der Waals surface area (Å²) in [5, 5.41) is 12.3. The highest BCUT2D eigenvalue weighted by Gasteiger charge is 2.03. The van der Waals surface area contributed by atoms with Crippen molar-refractivity contribution in [2.75, 3.05) is 24.2 Å². The van der Waals surface area contributed by atoms with Crippen LogP contribution in [0.2, 0.25) is 0 Å². The van der Waals surface area contributed by atoms with E-state index in [-0.39, 0.29) is 36.0 Å². The van der Waals surface area contributed by atoms with Crippen LogP contribution in [0, 0.1) is 0 Å². The molecule has 0 aliphatic carbocycles. The number of anilines is 1. The van der Waals surface area contributed by atoms with Crippen LogP contribution in [-0.4, -0.2) is 36.9 Å². The van der Waals surface area contributed by atoms with E-state index in [1.54, 1.807) is 0 Å². The summed E-state index contributed by atoms with van der Waals surface area (Å²) >= 11 is 1.82. The number of carbonyl (C=O) groups is 1. The smallest absolute Gasteiger partial charge is 0.319 e. The van der Waals surface area contributed by atoms with Crippen molar-refractivity contribution in [3.05, 3.63) is 60.2 Å². The van der Waals surface area contributed by atoms with E-state index in [0.717, 1.165) is 36.1 Å². The number of nitrogens with zero attached hydrogens (tertiary/aromatic N) is 1. The van der Waals surface area contributed by atoms with Crippen LogP contribution in [0.4, 0.5) is 10.5 Å². The van der Waals surface area contributed by atoms with Gasteiger partial charge in [0.25, 0.3) is 0 Å². The predicted molar refractivity (Wildman–Crippen MR) is 139 cm³/mol. The lowest BCUT2D eigenvalue weighted by molar-refractivity contribution is 0.250. The largest absolute Gasteiger partial charge is 0.357 e. The zero-order valence-electron chi connectivity index (χ0n) is 17.8. The third kappa shape index (κ3) is 10.7. The van der Waals surface area contributed by atoms with Gasteiger partial charge in [-0.25, -0.2) is 9.79 Å². The summed E-state index contributed by atoms with van der Waals surface area (Å²) in [4.78, 5) is 17.7. The Bertz CT molecular complexity index is 769. The molecule has 0 radical (unpaired) electrons. The fraction of sp³-hybridized carbons (Fsp3) is 0.364. The van der Waals surface area contributed by atoms with Crippen molar-refractivity contribution >= 4 is 53.4 Å². The summed E-state index contributed by atoms with van der Waals surface area (Å²) in [5.41, 5.74) is 1.84. The second-order valence-electron chi connectivity index (χ2n) is 6.73. The average Bonchev–Trinajstić information content (AvgIpc) is 2.70. The van der Waals surface area contributed by atoms with E-state index in [2.05, 4.69) is 57.4 Å². The van der Waals surface area contributed by atoms with Crippen LogP contribution in [0.1, 0.15) is 26.3 Å². The fourth-order valence-corrected chi connectivity index (χ4v) is 3.28. The van der Waals surface area contributed by atoms with Crippen molar-refractivity contribution < 1.29 is 4.79 Å². The molecular weight excluding hydrogens is 509 g/mol. The topological polar surface area (TPSA) is 77.5 Å². The maximum Gasteiger partial charge on any atom is 0.319 e. The summed E-state index contributed by atoms with van der Waals surface area (Å²) < 4.78 is 0. The van der Waals surface area contributed by atoms with Gasteiger partial charge in [0, 0.05) is 35.5 Å². The molecule has 0 saturated heterocycles. The van der Waals surface area contributed by atoms with Crippen LogP contribution in [0.3, 0.4) is 0 Å². The van der Waals surface area contributed by atoms with Gasteiger partial charge in [-0.3, -0.25) is 0 Å². The Hall–Kier alpha value is -1.94. The van der Waals surface area contributed by atoms with Gasteiger partial charge in [-0.1, -0.05) is 30.3 Å². The van der Waals surface area contributed by atoms with Crippen molar-refractivity contribution in [1.29, 1.82) is 0 Å². The Morgan fingerprint density at radius 2 is 1.73 bits per heavy atom. The zero-order chi connectivity index (χ0) is 20.9. The molecule has 4 N–H and O–H groups in total. The molecular formula is C22H32IN5OS. The van der Waals surface area contributed by atoms with Crippen LogP contribution in [-0.2, 0) is 6.54 Å². The van der Waals surface area contributed by atoms with E-state index < -0.39 is 0 Å². The highest BCUT2D eigenvalue weighted by molar-refractivity contribution is 14.0. The second kappa shape index (κ2) is 15.0. The molecule has 8 heteroatoms. The maximum atomic E-state index is 11.7. The molecule has 0 saturated carbocycles. The van der Waals surface area contributed by atoms with Crippen molar-refractivity contribution in [2.24, 2.45) is 4.99 Å². The average molecular weight is 542 g/mol. The number of guanidine groups is 1. The van der Waals surface area contributed by atoms with Crippen LogP contribution in [0.25, 0.3) is 0 Å². The summed E-state index contributed by atoms with van der Waals surface area (Å²) in [7, 11) is 0. The standard InChI is InChI=1S/C22H31N5OS.HI/c1-4-23-21(24-14-15-29-20-8-6-5-7-9-20)25-16-18-10-12-19(13-11-18)27-22(28)26-17(2)3;/h5-13,17H,4,14-16H2,1-3H3,(H2,23,24,25)(H2,26,27,28);1H. The number of aliphatic imine (C=N–C) groups is 1. The number of thioether (sulfide) groups is 1. The van der Waals surface area contributed by atoms with Gasteiger partial charge in [0.15, 0.2) is 5.96 Å². The minimum atomic E-state index is -0.197. The Labute approximate surface area is 201 Å². The minimum absolute atomic E-state index is 0. The van der Waals surface area contributed by atoms with Crippen molar-refractivity contribution in [3.63, 3.8) is 0 Å². The molecule has 0 fully saturated rings. The number of urea groups is 1. The molecule has 30 heavy (non-hydrogen) atoms. The Morgan fingerprint density at radius 3 is 2.37 bits per heavy atom. The Kier molecular flexibility index (Phi) is 13.0. The molecule has 6 nitrogen and oxygen atoms in total. The molecule has 0 spiro atoms. The number of rotatable bonds is 9. The normalized spacial score (nSPS) is 10.9. The molecule has 0 atom stereocenters. The first kappa shape index (κ1) is 26.1. The van der Waals surface area contributed by atoms with E-state index in [1.807, 2.05) is 55.9 Å². The van der Waals surface area contributed by atoms with Crippen LogP contribution < -0.4 is 21.3 Å². The van der Waals surface area contributed by atoms with Crippen LogP contribution >= 0.6 is 35.7 Å². The molecule has 2 amide bonds. The van der Waals surface area contributed by atoms with Gasteiger partial charge in [-0.15, -0.1) is 35.7 Å². The lowest BCUT2D eigenvalue weighted by atomic mass is 10.2. The molecule has 0 bridgehead atoms. The molecule has 2 aromatic rings. The lowest BCUT2D eigenvalue weighted by Gasteiger charge is -2.12.